The van der Waals surface area contributed by atoms with E-state index in [2.05, 4.69) is 5.32 Å². The number of alkyl halides is 3. The van der Waals surface area contributed by atoms with Gasteiger partial charge in [0, 0.05) is 12.1 Å². The summed E-state index contributed by atoms with van der Waals surface area (Å²) in [4.78, 5) is 4.82. The molecule has 1 N–H and O–H groups in total. The lowest BCUT2D eigenvalue weighted by Gasteiger charge is -2.37. The summed E-state index contributed by atoms with van der Waals surface area (Å²) in [5, 5.41) is 3.72. The molecule has 0 aliphatic heterocycles. The van der Waals surface area contributed by atoms with E-state index < -0.39 is 17.3 Å². The van der Waals surface area contributed by atoms with Crippen LogP contribution in [0.15, 0.2) is 71.4 Å². The van der Waals surface area contributed by atoms with Gasteiger partial charge in [0.1, 0.15) is 0 Å². The highest BCUT2D eigenvalue weighted by atomic mass is 19.4. The minimum Gasteiger partial charge on any atom is -0.302 e. The Bertz CT molecular complexity index is 953. The molecule has 0 aromatic heterocycles. The molecule has 2 aromatic carbocycles. The van der Waals surface area contributed by atoms with Crippen LogP contribution in [0.5, 0.6) is 0 Å². The Labute approximate surface area is 196 Å². The number of nitrogens with zero attached hydrogens (tertiary/aromatic N) is 1. The number of benzene rings is 2. The first kappa shape index (κ1) is 25.2. The standard InChI is InChI=1S/C28H35F3N2/c1-4-26(33-21(2)3)27(20-23-13-6-5-7-14-23,32-18-17-22-11-8-9-12-22)24-15-10-16-25(19-24)28(29,30)31/h4-7,10,13-16,19,22,32H,8-9,11-12,17-18,20H2,1-3H3/b26-4-. The molecule has 1 aliphatic carbocycles. The van der Waals surface area contributed by atoms with E-state index in [1.165, 1.54) is 37.8 Å². The molecule has 2 nitrogen and oxygen atoms in total. The van der Waals surface area contributed by atoms with Gasteiger partial charge in [-0.2, -0.15) is 13.2 Å². The predicted octanol–water partition coefficient (Wildman–Crippen LogP) is 7.70. The number of hydrogen-bond donors (Lipinski definition) is 1. The summed E-state index contributed by atoms with van der Waals surface area (Å²) >= 11 is 0. The highest BCUT2D eigenvalue weighted by molar-refractivity contribution is 5.80. The molecule has 0 radical (unpaired) electrons. The molecule has 1 fully saturated rings. The Hall–Kier alpha value is -2.40. The summed E-state index contributed by atoms with van der Waals surface area (Å²) < 4.78 is 41.0. The van der Waals surface area contributed by atoms with Crippen LogP contribution in [0.1, 0.15) is 69.6 Å². The van der Waals surface area contributed by atoms with Gasteiger partial charge in [-0.3, -0.25) is 4.99 Å². The molecule has 0 heterocycles. The lowest BCUT2D eigenvalue weighted by atomic mass is 9.79. The fourth-order valence-corrected chi connectivity index (χ4v) is 4.89. The molecule has 0 spiro atoms. The van der Waals surface area contributed by atoms with E-state index in [1.54, 1.807) is 6.07 Å². The number of allylic oxidation sites excluding steroid dienone is 1. The maximum atomic E-state index is 13.7. The van der Waals surface area contributed by atoms with Gasteiger partial charge in [0.25, 0.3) is 0 Å². The van der Waals surface area contributed by atoms with Gasteiger partial charge in [0.05, 0.1) is 16.8 Å². The Morgan fingerprint density at radius 3 is 2.27 bits per heavy atom. The van der Waals surface area contributed by atoms with Crippen molar-refractivity contribution in [1.82, 2.24) is 5.32 Å². The molecule has 0 amide bonds. The summed E-state index contributed by atoms with van der Waals surface area (Å²) in [5.41, 5.74) is 1.75. The van der Waals surface area contributed by atoms with Crippen molar-refractivity contribution in [2.24, 2.45) is 10.9 Å². The minimum absolute atomic E-state index is 0.510. The fraction of sp³-hybridized carbons (Fsp3) is 0.464. The highest BCUT2D eigenvalue weighted by Crippen LogP contribution is 2.38. The van der Waals surface area contributed by atoms with Crippen molar-refractivity contribution in [3.05, 3.63) is 83.1 Å². The third kappa shape index (κ3) is 6.57. The molecule has 5 heteroatoms. The van der Waals surface area contributed by atoms with E-state index in [-0.39, 0.29) is 0 Å². The van der Waals surface area contributed by atoms with Crippen LogP contribution in [0, 0.1) is 5.92 Å². The zero-order chi connectivity index (χ0) is 23.9. The van der Waals surface area contributed by atoms with Crippen LogP contribution in [-0.4, -0.2) is 12.3 Å². The zero-order valence-corrected chi connectivity index (χ0v) is 19.9. The molecule has 178 valence electrons. The number of aliphatic imine (C=N–C) groups is 1. The average molecular weight is 457 g/mol. The van der Waals surface area contributed by atoms with Crippen molar-refractivity contribution in [1.29, 1.82) is 0 Å². The first-order chi connectivity index (χ1) is 15.7. The molecule has 3 rings (SSSR count). The van der Waals surface area contributed by atoms with E-state index >= 15 is 0 Å². The lowest BCUT2D eigenvalue weighted by molar-refractivity contribution is -0.137. The van der Waals surface area contributed by atoms with Crippen molar-refractivity contribution in [3.8, 4) is 0 Å². The quantitative estimate of drug-likeness (QED) is 0.384. The van der Waals surface area contributed by atoms with Crippen molar-refractivity contribution >= 4 is 5.71 Å². The van der Waals surface area contributed by atoms with Gasteiger partial charge < -0.3 is 5.32 Å². The Kier molecular flexibility index (Phi) is 8.52. The third-order valence-corrected chi connectivity index (χ3v) is 6.50. The van der Waals surface area contributed by atoms with Crippen LogP contribution in [-0.2, 0) is 18.1 Å². The molecular formula is C28H35F3N2. The Morgan fingerprint density at radius 1 is 1.00 bits per heavy atom. The van der Waals surface area contributed by atoms with Gasteiger partial charge in [-0.1, -0.05) is 74.2 Å². The maximum Gasteiger partial charge on any atom is 0.416 e. The minimum atomic E-state index is -4.40. The molecule has 1 unspecified atom stereocenters. The largest absolute Gasteiger partial charge is 0.416 e. The van der Waals surface area contributed by atoms with Gasteiger partial charge in [-0.25, -0.2) is 0 Å². The van der Waals surface area contributed by atoms with Crippen LogP contribution < -0.4 is 5.32 Å². The second kappa shape index (κ2) is 11.1. The van der Waals surface area contributed by atoms with E-state index in [1.807, 2.05) is 57.2 Å². The molecule has 1 aliphatic rings. The first-order valence-corrected chi connectivity index (χ1v) is 11.9. The predicted molar refractivity (Wildman–Crippen MR) is 130 cm³/mol. The molecule has 1 atom stereocenters. The molecule has 0 saturated heterocycles. The molecule has 33 heavy (non-hydrogen) atoms. The number of halogens is 3. The van der Waals surface area contributed by atoms with Gasteiger partial charge in [0.2, 0.25) is 0 Å². The highest BCUT2D eigenvalue weighted by Gasteiger charge is 2.39. The number of nitrogens with one attached hydrogen (secondary N) is 1. The van der Waals surface area contributed by atoms with E-state index in [4.69, 9.17) is 4.99 Å². The Morgan fingerprint density at radius 2 is 1.67 bits per heavy atom. The maximum absolute atomic E-state index is 13.7. The SMILES string of the molecule is C/C=C(\N=C(C)C)C(Cc1ccccc1)(NCCC1CCCC1)c1cccc(C(F)(F)F)c1. The van der Waals surface area contributed by atoms with Gasteiger partial charge >= 0.3 is 6.18 Å². The molecule has 1 saturated carbocycles. The van der Waals surface area contributed by atoms with Crippen LogP contribution in [0.25, 0.3) is 0 Å². The average Bonchev–Trinajstić information content (AvgIpc) is 3.30. The van der Waals surface area contributed by atoms with Crippen molar-refractivity contribution in [3.63, 3.8) is 0 Å². The molecular weight excluding hydrogens is 421 g/mol. The summed E-state index contributed by atoms with van der Waals surface area (Å²) in [7, 11) is 0. The third-order valence-electron chi connectivity index (χ3n) is 6.50. The van der Waals surface area contributed by atoms with Crippen LogP contribution in [0.3, 0.4) is 0 Å². The summed E-state index contributed by atoms with van der Waals surface area (Å²) in [6.07, 6.45) is 4.06. The van der Waals surface area contributed by atoms with Crippen LogP contribution in [0.2, 0.25) is 0 Å². The summed E-state index contributed by atoms with van der Waals surface area (Å²) in [6, 6.07) is 15.7. The van der Waals surface area contributed by atoms with E-state index in [9.17, 15) is 13.2 Å². The smallest absolute Gasteiger partial charge is 0.302 e. The zero-order valence-electron chi connectivity index (χ0n) is 19.9. The second-order valence-electron chi connectivity index (χ2n) is 9.25. The fourth-order valence-electron chi connectivity index (χ4n) is 4.89. The lowest BCUT2D eigenvalue weighted by Crippen LogP contribution is -2.47. The number of rotatable bonds is 9. The van der Waals surface area contributed by atoms with Gasteiger partial charge in [-0.05, 0) is 62.9 Å². The van der Waals surface area contributed by atoms with Gasteiger partial charge in [-0.15, -0.1) is 0 Å². The van der Waals surface area contributed by atoms with Crippen molar-refractivity contribution in [2.45, 2.75) is 71.0 Å². The van der Waals surface area contributed by atoms with Crippen LogP contribution in [0.4, 0.5) is 13.2 Å². The van der Waals surface area contributed by atoms with Crippen molar-refractivity contribution in [2.75, 3.05) is 6.54 Å². The van der Waals surface area contributed by atoms with E-state index in [0.717, 1.165) is 36.0 Å². The second-order valence-corrected chi connectivity index (χ2v) is 9.25. The summed E-state index contributed by atoms with van der Waals surface area (Å²) in [5.74, 6) is 0.680. The topological polar surface area (TPSA) is 24.4 Å². The first-order valence-electron chi connectivity index (χ1n) is 11.9. The summed E-state index contributed by atoms with van der Waals surface area (Å²) in [6.45, 7) is 6.47. The molecule has 0 bridgehead atoms. The van der Waals surface area contributed by atoms with Gasteiger partial charge in [0.15, 0.2) is 0 Å². The normalized spacial score (nSPS) is 17.1. The monoisotopic (exact) mass is 456 g/mol. The van der Waals surface area contributed by atoms with Crippen LogP contribution >= 0.6 is 0 Å². The van der Waals surface area contributed by atoms with E-state index in [0.29, 0.717) is 17.9 Å². The number of hydrogen-bond acceptors (Lipinski definition) is 2. The Balaban J connectivity index is 2.11. The van der Waals surface area contributed by atoms with Crippen molar-refractivity contribution < 1.29 is 13.2 Å². The molecule has 2 aromatic rings.